The molecular weight excluding hydrogens is 268 g/mol. The van der Waals surface area contributed by atoms with Crippen LogP contribution < -0.4 is 10.5 Å². The molecule has 17 heavy (non-hydrogen) atoms. The van der Waals surface area contributed by atoms with Crippen molar-refractivity contribution >= 4 is 33.3 Å². The molecule has 0 unspecified atom stereocenters. The maximum absolute atomic E-state index is 11.7. The van der Waals surface area contributed by atoms with Crippen molar-refractivity contribution in [2.75, 3.05) is 19.4 Å². The van der Waals surface area contributed by atoms with E-state index in [-0.39, 0.29) is 15.6 Å². The van der Waals surface area contributed by atoms with E-state index in [9.17, 15) is 13.2 Å². The highest BCUT2D eigenvalue weighted by molar-refractivity contribution is 7.89. The summed E-state index contributed by atoms with van der Waals surface area (Å²) in [6.07, 6.45) is 0. The Kier molecular flexibility index (Phi) is 4.33. The van der Waals surface area contributed by atoms with Gasteiger partial charge in [0.05, 0.1) is 22.7 Å². The smallest absolute Gasteiger partial charge is 0.320 e. The summed E-state index contributed by atoms with van der Waals surface area (Å²) in [5.74, 6) is -0.685. The average Bonchev–Trinajstić information content (AvgIpc) is 2.29. The van der Waals surface area contributed by atoms with Crippen LogP contribution in [0.25, 0.3) is 0 Å². The summed E-state index contributed by atoms with van der Waals surface area (Å²) in [5.41, 5.74) is 5.63. The van der Waals surface area contributed by atoms with Gasteiger partial charge in [-0.1, -0.05) is 11.6 Å². The van der Waals surface area contributed by atoms with Crippen molar-refractivity contribution in [1.82, 2.24) is 4.72 Å². The fourth-order valence-corrected chi connectivity index (χ4v) is 2.12. The van der Waals surface area contributed by atoms with Gasteiger partial charge in [-0.3, -0.25) is 4.79 Å². The van der Waals surface area contributed by atoms with Gasteiger partial charge in [-0.15, -0.1) is 0 Å². The van der Waals surface area contributed by atoms with Crippen molar-refractivity contribution in [1.29, 1.82) is 0 Å². The predicted molar refractivity (Wildman–Crippen MR) is 63.1 cm³/mol. The highest BCUT2D eigenvalue weighted by atomic mass is 35.5. The first-order valence-electron chi connectivity index (χ1n) is 4.48. The molecule has 0 atom stereocenters. The van der Waals surface area contributed by atoms with Crippen LogP contribution in [-0.2, 0) is 19.6 Å². The fourth-order valence-electron chi connectivity index (χ4n) is 0.998. The van der Waals surface area contributed by atoms with Crippen LogP contribution in [-0.4, -0.2) is 28.0 Å². The maximum atomic E-state index is 11.7. The van der Waals surface area contributed by atoms with Gasteiger partial charge in [0, 0.05) is 0 Å². The first-order chi connectivity index (χ1) is 7.86. The number of nitrogens with two attached hydrogens (primary N) is 1. The molecular formula is C9H11ClN2O4S. The van der Waals surface area contributed by atoms with Crippen molar-refractivity contribution < 1.29 is 17.9 Å². The van der Waals surface area contributed by atoms with E-state index < -0.39 is 22.5 Å². The van der Waals surface area contributed by atoms with Gasteiger partial charge in [-0.2, -0.15) is 4.72 Å². The molecule has 0 amide bonds. The molecule has 0 aliphatic heterocycles. The largest absolute Gasteiger partial charge is 0.468 e. The van der Waals surface area contributed by atoms with E-state index in [0.717, 1.165) is 7.11 Å². The summed E-state index contributed by atoms with van der Waals surface area (Å²) < 4.78 is 29.8. The summed E-state index contributed by atoms with van der Waals surface area (Å²) in [7, 11) is -2.63. The number of hydrogen-bond donors (Lipinski definition) is 2. The molecule has 0 aliphatic carbocycles. The number of nitrogen functional groups attached to an aromatic ring is 1. The van der Waals surface area contributed by atoms with Crippen LogP contribution in [0.1, 0.15) is 0 Å². The van der Waals surface area contributed by atoms with Gasteiger partial charge in [0.1, 0.15) is 6.54 Å². The van der Waals surface area contributed by atoms with Crippen LogP contribution in [0, 0.1) is 0 Å². The van der Waals surface area contributed by atoms with Crippen LogP contribution in [0.5, 0.6) is 0 Å². The molecule has 1 rings (SSSR count). The van der Waals surface area contributed by atoms with E-state index >= 15 is 0 Å². The zero-order valence-electron chi connectivity index (χ0n) is 8.94. The second-order valence-corrected chi connectivity index (χ2v) is 5.26. The average molecular weight is 279 g/mol. The number of rotatable bonds is 4. The minimum absolute atomic E-state index is 0.0664. The molecule has 3 N–H and O–H groups in total. The quantitative estimate of drug-likeness (QED) is 0.612. The summed E-state index contributed by atoms with van der Waals surface area (Å²) in [6, 6.07) is 3.86. The highest BCUT2D eigenvalue weighted by Crippen LogP contribution is 2.21. The van der Waals surface area contributed by atoms with Gasteiger partial charge in [0.15, 0.2) is 0 Å². The Labute approximate surface area is 104 Å². The highest BCUT2D eigenvalue weighted by Gasteiger charge is 2.16. The number of carbonyl (C=O) groups is 1. The Morgan fingerprint density at radius 1 is 1.53 bits per heavy atom. The number of sulfonamides is 1. The normalized spacial score (nSPS) is 11.2. The Bertz CT molecular complexity index is 530. The number of benzene rings is 1. The third kappa shape index (κ3) is 3.58. The minimum atomic E-state index is -3.79. The first kappa shape index (κ1) is 13.8. The molecule has 8 heteroatoms. The number of nitrogens with one attached hydrogen (secondary N) is 1. The third-order valence-corrected chi connectivity index (χ3v) is 3.66. The molecule has 0 aliphatic rings. The van der Waals surface area contributed by atoms with Crippen LogP contribution in [0.2, 0.25) is 5.02 Å². The van der Waals surface area contributed by atoms with E-state index in [1.54, 1.807) is 0 Å². The molecule has 0 bridgehead atoms. The lowest BCUT2D eigenvalue weighted by molar-refractivity contribution is -0.139. The van der Waals surface area contributed by atoms with Crippen molar-refractivity contribution in [3.8, 4) is 0 Å². The zero-order valence-corrected chi connectivity index (χ0v) is 10.5. The predicted octanol–water partition coefficient (Wildman–Crippen LogP) is 0.373. The van der Waals surface area contributed by atoms with Crippen LogP contribution in [0.4, 0.5) is 5.69 Å². The molecule has 0 aromatic heterocycles. The third-order valence-electron chi connectivity index (χ3n) is 1.91. The summed E-state index contributed by atoms with van der Waals surface area (Å²) >= 11 is 5.67. The summed E-state index contributed by atoms with van der Waals surface area (Å²) in [5, 5.41) is 0.261. The van der Waals surface area contributed by atoms with Crippen LogP contribution >= 0.6 is 11.6 Å². The standard InChI is InChI=1S/C9H11ClN2O4S/c1-16-9(13)5-12-17(14,15)6-2-3-7(10)8(11)4-6/h2-4,12H,5,11H2,1H3. The molecule has 0 radical (unpaired) electrons. The Hall–Kier alpha value is -1.31. The lowest BCUT2D eigenvalue weighted by atomic mass is 10.3. The van der Waals surface area contributed by atoms with Crippen LogP contribution in [0.15, 0.2) is 23.1 Å². The van der Waals surface area contributed by atoms with Crippen molar-refractivity contribution in [3.05, 3.63) is 23.2 Å². The molecule has 0 spiro atoms. The van der Waals surface area contributed by atoms with Crippen molar-refractivity contribution in [3.63, 3.8) is 0 Å². The SMILES string of the molecule is COC(=O)CNS(=O)(=O)c1ccc(Cl)c(N)c1. The van der Waals surface area contributed by atoms with Gasteiger partial charge < -0.3 is 10.5 Å². The number of carbonyl (C=O) groups excluding carboxylic acids is 1. The molecule has 94 valence electrons. The zero-order chi connectivity index (χ0) is 13.1. The molecule has 6 nitrogen and oxygen atoms in total. The number of hydrogen-bond acceptors (Lipinski definition) is 5. The lowest BCUT2D eigenvalue weighted by Gasteiger charge is -2.07. The second-order valence-electron chi connectivity index (χ2n) is 3.08. The number of esters is 1. The second kappa shape index (κ2) is 5.35. The number of anilines is 1. The lowest BCUT2D eigenvalue weighted by Crippen LogP contribution is -2.30. The van der Waals surface area contributed by atoms with Crippen molar-refractivity contribution in [2.45, 2.75) is 4.90 Å². The summed E-state index contributed by atoms with van der Waals surface area (Å²) in [6.45, 7) is -0.443. The molecule has 1 aromatic carbocycles. The van der Waals surface area contributed by atoms with E-state index in [2.05, 4.69) is 9.46 Å². The molecule has 0 heterocycles. The Balaban J connectivity index is 2.90. The van der Waals surface area contributed by atoms with Gasteiger partial charge in [-0.25, -0.2) is 8.42 Å². The topological polar surface area (TPSA) is 98.5 Å². The molecule has 0 saturated heterocycles. The molecule has 0 saturated carbocycles. The summed E-state index contributed by atoms with van der Waals surface area (Å²) in [4.78, 5) is 10.7. The number of ether oxygens (including phenoxy) is 1. The first-order valence-corrected chi connectivity index (χ1v) is 6.34. The van der Waals surface area contributed by atoms with Gasteiger partial charge in [0.2, 0.25) is 10.0 Å². The van der Waals surface area contributed by atoms with Crippen molar-refractivity contribution in [2.24, 2.45) is 0 Å². The van der Waals surface area contributed by atoms with E-state index in [4.69, 9.17) is 17.3 Å². The Morgan fingerprint density at radius 2 is 2.18 bits per heavy atom. The van der Waals surface area contributed by atoms with Crippen LogP contribution in [0.3, 0.4) is 0 Å². The maximum Gasteiger partial charge on any atom is 0.320 e. The van der Waals surface area contributed by atoms with E-state index in [1.165, 1.54) is 18.2 Å². The fraction of sp³-hybridized carbons (Fsp3) is 0.222. The van der Waals surface area contributed by atoms with Gasteiger partial charge in [0.25, 0.3) is 0 Å². The van der Waals surface area contributed by atoms with Gasteiger partial charge >= 0.3 is 5.97 Å². The molecule has 0 fully saturated rings. The minimum Gasteiger partial charge on any atom is -0.468 e. The van der Waals surface area contributed by atoms with E-state index in [0.29, 0.717) is 0 Å². The molecule has 1 aromatic rings. The number of halogens is 1. The van der Waals surface area contributed by atoms with Gasteiger partial charge in [-0.05, 0) is 18.2 Å². The van der Waals surface area contributed by atoms with E-state index in [1.807, 2.05) is 0 Å². The monoisotopic (exact) mass is 278 g/mol. The Morgan fingerprint density at radius 3 is 2.71 bits per heavy atom. The number of methoxy groups -OCH3 is 1.